The third-order valence-corrected chi connectivity index (χ3v) is 7.01. The smallest absolute Gasteiger partial charge is 0.168 e. The van der Waals surface area contributed by atoms with Crippen LogP contribution in [-0.4, -0.2) is 38.6 Å². The Kier molecular flexibility index (Phi) is 13.0. The van der Waals surface area contributed by atoms with Crippen LogP contribution in [0, 0.1) is 11.6 Å². The molecule has 4 aromatic rings. The van der Waals surface area contributed by atoms with E-state index < -0.39 is 11.6 Å². The summed E-state index contributed by atoms with van der Waals surface area (Å²) in [6, 6.07) is 14.8. The molecule has 5 rings (SSSR count). The van der Waals surface area contributed by atoms with Gasteiger partial charge in [-0.2, -0.15) is 0 Å². The molecule has 1 atom stereocenters. The van der Waals surface area contributed by atoms with E-state index in [1.165, 1.54) is 32.4 Å². The lowest BCUT2D eigenvalue weighted by Gasteiger charge is -2.16. The van der Waals surface area contributed by atoms with Gasteiger partial charge in [0.1, 0.15) is 24.3 Å². The van der Waals surface area contributed by atoms with Crippen LogP contribution in [0.1, 0.15) is 14.9 Å². The molecule has 1 saturated heterocycles. The van der Waals surface area contributed by atoms with Gasteiger partial charge in [0.15, 0.2) is 23.0 Å². The fourth-order valence-corrected chi connectivity index (χ4v) is 5.11. The van der Waals surface area contributed by atoms with E-state index in [4.69, 9.17) is 65.4 Å². The van der Waals surface area contributed by atoms with Crippen LogP contribution in [0.5, 0.6) is 23.0 Å². The second-order valence-electron chi connectivity index (χ2n) is 8.45. The molecule has 42 heavy (non-hydrogen) atoms. The Hall–Kier alpha value is -2.94. The first-order valence-electron chi connectivity index (χ1n) is 11.7. The second kappa shape index (κ2) is 15.5. The van der Waals surface area contributed by atoms with Crippen molar-refractivity contribution in [3.63, 3.8) is 0 Å². The molecule has 0 saturated carbocycles. The summed E-state index contributed by atoms with van der Waals surface area (Å²) in [5.74, 6) is -0.547. The summed E-state index contributed by atoms with van der Waals surface area (Å²) in [5, 5.41) is 11.2. The van der Waals surface area contributed by atoms with Crippen LogP contribution < -0.4 is 14.2 Å². The lowest BCUT2D eigenvalue weighted by atomic mass is 10.0. The van der Waals surface area contributed by atoms with Crippen molar-refractivity contribution in [1.82, 2.24) is 0 Å². The highest BCUT2D eigenvalue weighted by atomic mass is 35.5. The first kappa shape index (κ1) is 35.3. The highest BCUT2D eigenvalue weighted by molar-refractivity contribution is 6.40. The molecule has 4 aromatic carbocycles. The number of hydrogen-bond acceptors (Lipinski definition) is 5. The van der Waals surface area contributed by atoms with Gasteiger partial charge < -0.3 is 24.1 Å². The number of ether oxygens (including phenoxy) is 4. The number of epoxide rings is 1. The Balaban J connectivity index is 0.000000285. The Morgan fingerprint density at radius 3 is 1.62 bits per heavy atom. The minimum absolute atomic E-state index is 0. The average Bonchev–Trinajstić information content (AvgIpc) is 3.72. The van der Waals surface area contributed by atoms with Crippen molar-refractivity contribution in [2.24, 2.45) is 0 Å². The van der Waals surface area contributed by atoms with Gasteiger partial charge in [-0.25, -0.2) is 8.78 Å². The first-order chi connectivity index (χ1) is 19.1. The van der Waals surface area contributed by atoms with E-state index in [2.05, 4.69) is 0 Å². The zero-order valence-electron chi connectivity index (χ0n) is 21.1. The van der Waals surface area contributed by atoms with Crippen LogP contribution in [0.25, 0.3) is 22.3 Å². The van der Waals surface area contributed by atoms with Gasteiger partial charge >= 0.3 is 0 Å². The zero-order chi connectivity index (χ0) is 29.0. The average molecular weight is 662 g/mol. The van der Waals surface area contributed by atoms with E-state index in [9.17, 15) is 13.9 Å². The monoisotopic (exact) mass is 660 g/mol. The quantitative estimate of drug-likeness (QED) is 0.200. The highest BCUT2D eigenvalue weighted by Crippen LogP contribution is 2.45. The van der Waals surface area contributed by atoms with E-state index >= 15 is 0 Å². The van der Waals surface area contributed by atoms with Gasteiger partial charge in [0, 0.05) is 34.4 Å². The van der Waals surface area contributed by atoms with E-state index in [1.807, 2.05) is 0 Å². The Bertz CT molecular complexity index is 1490. The molecule has 0 spiro atoms. The molecule has 11 heteroatoms. The number of phenolic OH excluding ortho intramolecular Hbond substituents is 1. The van der Waals surface area contributed by atoms with E-state index in [1.54, 1.807) is 36.4 Å². The predicted molar refractivity (Wildman–Crippen MR) is 167 cm³/mol. The van der Waals surface area contributed by atoms with Crippen molar-refractivity contribution in [2.45, 2.75) is 21.0 Å². The summed E-state index contributed by atoms with van der Waals surface area (Å²) in [5.41, 5.74) is 1.69. The van der Waals surface area contributed by atoms with Gasteiger partial charge in [-0.15, -0.1) is 0 Å². The normalized spacial score (nSPS) is 13.1. The minimum Gasteiger partial charge on any atom is -0.504 e. The molecule has 1 aliphatic heterocycles. The molecule has 1 fully saturated rings. The van der Waals surface area contributed by atoms with Crippen LogP contribution in [0.15, 0.2) is 60.7 Å². The number of aromatic hydroxyl groups is 1. The number of halogens is 6. The summed E-state index contributed by atoms with van der Waals surface area (Å²) in [6.07, 6.45) is 0.0559. The van der Waals surface area contributed by atoms with E-state index in [0.29, 0.717) is 67.1 Å². The fourth-order valence-electron chi connectivity index (χ4n) is 3.91. The van der Waals surface area contributed by atoms with Crippen molar-refractivity contribution in [3.05, 3.63) is 92.4 Å². The standard InChI is InChI=1S/C16H13Cl2FO3.C13H9Cl2FO2.2CH4/c1-20-16-11(15-12(17)3-2-4-13(15)18)5-9(19)6-14(16)22-8-10-7-21-10;1-18-13-8(5-7(16)6-11(13)17)12-9(14)3-2-4-10(12)15;;/h2-6,10H,7-8H2,1H3;2-6,17H,1H3;2*1H4/t10-;;;/m1.../s1. The predicted octanol–water partition coefficient (Wildman–Crippen LogP) is 10.4. The molecular weight excluding hydrogens is 632 g/mol. The molecule has 226 valence electrons. The van der Waals surface area contributed by atoms with Crippen LogP contribution in [0.4, 0.5) is 8.78 Å². The number of rotatable bonds is 7. The second-order valence-corrected chi connectivity index (χ2v) is 10.1. The van der Waals surface area contributed by atoms with Gasteiger partial charge in [0.25, 0.3) is 0 Å². The van der Waals surface area contributed by atoms with E-state index in [-0.39, 0.29) is 32.5 Å². The molecule has 1 aliphatic rings. The molecule has 0 amide bonds. The van der Waals surface area contributed by atoms with Crippen molar-refractivity contribution in [1.29, 1.82) is 0 Å². The first-order valence-corrected chi connectivity index (χ1v) is 13.2. The summed E-state index contributed by atoms with van der Waals surface area (Å²) in [4.78, 5) is 0. The maximum Gasteiger partial charge on any atom is 0.168 e. The Morgan fingerprint density at radius 2 is 1.19 bits per heavy atom. The third kappa shape index (κ3) is 8.12. The molecular formula is C31H30Cl4F2O5. The Labute approximate surface area is 264 Å². The van der Waals surface area contributed by atoms with Crippen molar-refractivity contribution < 1.29 is 32.8 Å². The largest absolute Gasteiger partial charge is 0.504 e. The van der Waals surface area contributed by atoms with Crippen LogP contribution in [0.2, 0.25) is 20.1 Å². The zero-order valence-corrected chi connectivity index (χ0v) is 24.1. The van der Waals surface area contributed by atoms with Crippen molar-refractivity contribution >= 4 is 46.4 Å². The number of phenols is 1. The lowest BCUT2D eigenvalue weighted by molar-refractivity contribution is 0.251. The van der Waals surface area contributed by atoms with Gasteiger partial charge in [-0.1, -0.05) is 73.4 Å². The molecule has 1 N–H and O–H groups in total. The number of hydrogen-bond donors (Lipinski definition) is 1. The maximum absolute atomic E-state index is 14.0. The summed E-state index contributed by atoms with van der Waals surface area (Å²) >= 11 is 24.5. The highest BCUT2D eigenvalue weighted by Gasteiger charge is 2.25. The number of methoxy groups -OCH3 is 2. The molecule has 0 unspecified atom stereocenters. The lowest BCUT2D eigenvalue weighted by Crippen LogP contribution is -2.06. The van der Waals surface area contributed by atoms with Crippen LogP contribution >= 0.6 is 46.4 Å². The Morgan fingerprint density at radius 1 is 0.762 bits per heavy atom. The van der Waals surface area contributed by atoms with Gasteiger partial charge in [-0.05, 0) is 36.4 Å². The summed E-state index contributed by atoms with van der Waals surface area (Å²) < 4.78 is 48.5. The minimum atomic E-state index is -0.598. The third-order valence-electron chi connectivity index (χ3n) is 5.75. The summed E-state index contributed by atoms with van der Waals surface area (Å²) in [7, 11) is 2.86. The van der Waals surface area contributed by atoms with Gasteiger partial charge in [0.05, 0.1) is 40.9 Å². The molecule has 1 heterocycles. The van der Waals surface area contributed by atoms with Crippen LogP contribution in [-0.2, 0) is 4.74 Å². The molecule has 0 bridgehead atoms. The number of benzene rings is 4. The van der Waals surface area contributed by atoms with Gasteiger partial charge in [-0.3, -0.25) is 0 Å². The SMILES string of the molecule is C.C.COc1c(O)cc(F)cc1-c1c(Cl)cccc1Cl.COc1c(OC[C@H]2CO2)cc(F)cc1-c1c(Cl)cccc1Cl. The van der Waals surface area contributed by atoms with Gasteiger partial charge in [0.2, 0.25) is 0 Å². The maximum atomic E-state index is 14.0. The molecule has 0 aromatic heterocycles. The van der Waals surface area contributed by atoms with Crippen molar-refractivity contribution in [3.8, 4) is 45.3 Å². The summed E-state index contributed by atoms with van der Waals surface area (Å²) in [6.45, 7) is 0.996. The van der Waals surface area contributed by atoms with Crippen LogP contribution in [0.3, 0.4) is 0 Å². The fraction of sp³-hybridized carbons (Fsp3) is 0.226. The molecule has 5 nitrogen and oxygen atoms in total. The molecule has 0 aliphatic carbocycles. The molecule has 0 radical (unpaired) electrons. The van der Waals surface area contributed by atoms with E-state index in [0.717, 1.165) is 6.07 Å². The topological polar surface area (TPSA) is 60.5 Å². The van der Waals surface area contributed by atoms with Crippen molar-refractivity contribution in [2.75, 3.05) is 27.4 Å².